The fourth-order valence-corrected chi connectivity index (χ4v) is 5.42. The maximum Gasteiger partial charge on any atom is 0.214 e. The number of hydrogen-bond acceptors (Lipinski definition) is 4. The topological polar surface area (TPSA) is 76.0 Å². The largest absolute Gasteiger partial charge is 0.473 e. The number of ether oxygens (including phenoxy) is 1. The number of rotatable bonds is 6. The van der Waals surface area contributed by atoms with Crippen molar-refractivity contribution in [3.05, 3.63) is 101 Å². The van der Waals surface area contributed by atoms with Crippen molar-refractivity contribution in [2.75, 3.05) is 0 Å². The predicted octanol–water partition coefficient (Wildman–Crippen LogP) is 6.64. The van der Waals surface area contributed by atoms with Crippen molar-refractivity contribution in [1.29, 1.82) is 0 Å². The van der Waals surface area contributed by atoms with Gasteiger partial charge in [-0.3, -0.25) is 0 Å². The molecule has 0 saturated heterocycles. The van der Waals surface area contributed by atoms with Gasteiger partial charge in [0.2, 0.25) is 5.88 Å². The smallest absolute Gasteiger partial charge is 0.214 e. The van der Waals surface area contributed by atoms with E-state index in [0.717, 1.165) is 52.0 Å². The Morgan fingerprint density at radius 1 is 1.17 bits per heavy atom. The van der Waals surface area contributed by atoms with Crippen LogP contribution in [0.2, 0.25) is 5.02 Å². The lowest BCUT2D eigenvalue weighted by Crippen LogP contribution is -2.18. The lowest BCUT2D eigenvalue weighted by atomic mass is 9.87. The first-order valence-corrected chi connectivity index (χ1v) is 12.6. The van der Waals surface area contributed by atoms with Gasteiger partial charge >= 0.3 is 0 Å². The number of aryl methyl sites for hydroxylation is 1. The molecule has 0 aliphatic heterocycles. The second-order valence-electron chi connectivity index (χ2n) is 9.36. The number of nitrogens with zero attached hydrogens (tertiary/aromatic N) is 3. The molecular weight excluding hydrogens is 472 g/mol. The van der Waals surface area contributed by atoms with E-state index in [2.05, 4.69) is 31.7 Å². The molecule has 0 bridgehead atoms. The number of halogens is 1. The number of aliphatic hydroxyl groups excluding tert-OH is 1. The molecule has 2 atom stereocenters. The second kappa shape index (κ2) is 9.45. The minimum absolute atomic E-state index is 0.0861. The van der Waals surface area contributed by atoms with Crippen LogP contribution < -0.4 is 4.74 Å². The van der Waals surface area contributed by atoms with Crippen LogP contribution in [0.15, 0.2) is 73.3 Å². The number of H-pyrrole nitrogens is 1. The Morgan fingerprint density at radius 3 is 2.86 bits per heavy atom. The molecule has 0 fully saturated rings. The van der Waals surface area contributed by atoms with Gasteiger partial charge in [0.05, 0.1) is 41.6 Å². The van der Waals surface area contributed by atoms with Gasteiger partial charge in [-0.25, -0.2) is 9.97 Å². The van der Waals surface area contributed by atoms with Gasteiger partial charge in [-0.1, -0.05) is 48.0 Å². The molecule has 182 valence electrons. The number of nitrogens with one attached hydrogen (secondary N) is 1. The number of fused-ring (bicyclic) bond motifs is 2. The van der Waals surface area contributed by atoms with Crippen LogP contribution in [0.3, 0.4) is 0 Å². The van der Waals surface area contributed by atoms with E-state index in [4.69, 9.17) is 16.3 Å². The summed E-state index contributed by atoms with van der Waals surface area (Å²) in [5.74, 6) is 0.548. The summed E-state index contributed by atoms with van der Waals surface area (Å²) in [5, 5.41) is 12.4. The Labute approximate surface area is 214 Å². The summed E-state index contributed by atoms with van der Waals surface area (Å²) in [6.07, 6.45) is 7.99. The van der Waals surface area contributed by atoms with E-state index in [-0.39, 0.29) is 6.04 Å². The third kappa shape index (κ3) is 4.16. The minimum atomic E-state index is -0.718. The number of aliphatic hydroxyl groups is 1. The maximum atomic E-state index is 10.6. The molecule has 3 aromatic heterocycles. The zero-order chi connectivity index (χ0) is 24.6. The van der Waals surface area contributed by atoms with Gasteiger partial charge in [0, 0.05) is 28.2 Å². The number of aromatic nitrogens is 4. The molecule has 5 aromatic rings. The highest BCUT2D eigenvalue weighted by Gasteiger charge is 2.28. The van der Waals surface area contributed by atoms with Crippen LogP contribution in [-0.2, 0) is 13.0 Å². The normalized spacial score (nSPS) is 16.1. The summed E-state index contributed by atoms with van der Waals surface area (Å²) < 4.78 is 8.21. The molecule has 2 N–H and O–H groups in total. The highest BCUT2D eigenvalue weighted by Crippen LogP contribution is 2.41. The molecule has 1 aliphatic carbocycles. The number of benzene rings is 2. The fourth-order valence-electron chi connectivity index (χ4n) is 5.24. The highest BCUT2D eigenvalue weighted by atomic mass is 35.5. The summed E-state index contributed by atoms with van der Waals surface area (Å²) >= 11 is 6.40. The number of imidazole rings is 1. The molecule has 36 heavy (non-hydrogen) atoms. The van der Waals surface area contributed by atoms with Crippen LogP contribution >= 0.6 is 11.6 Å². The van der Waals surface area contributed by atoms with Gasteiger partial charge in [-0.15, -0.1) is 0 Å². The van der Waals surface area contributed by atoms with Crippen molar-refractivity contribution in [1.82, 2.24) is 19.5 Å². The molecule has 0 spiro atoms. The molecule has 0 amide bonds. The molecule has 6 rings (SSSR count). The number of hydrogen-bond donors (Lipinski definition) is 2. The Hall–Kier alpha value is -3.61. The Morgan fingerprint density at radius 2 is 2.03 bits per heavy atom. The third-order valence-corrected chi connectivity index (χ3v) is 7.20. The quantitative estimate of drug-likeness (QED) is 0.275. The summed E-state index contributed by atoms with van der Waals surface area (Å²) in [7, 11) is 0. The fraction of sp³-hybridized carbons (Fsp3) is 0.241. The lowest BCUT2D eigenvalue weighted by molar-refractivity contribution is 0.195. The van der Waals surface area contributed by atoms with E-state index in [0.29, 0.717) is 18.2 Å². The van der Waals surface area contributed by atoms with Crippen LogP contribution in [0.25, 0.3) is 22.2 Å². The molecule has 0 saturated carbocycles. The standard InChI is InChI=1S/C29H27ClN4O2/c1-18(35)28-29(34(17-33-28)26-9-5-8-20-10-11-21(30)12-22(20)26)24-14-31-25-15-32-27(13-23(24)25)36-16-19-6-3-2-4-7-19/h2-4,6-7,10-15,17-18,26,31,35H,5,8-9,16H2,1H3. The predicted molar refractivity (Wildman–Crippen MR) is 141 cm³/mol. The third-order valence-electron chi connectivity index (χ3n) is 6.97. The Bertz CT molecular complexity index is 1520. The molecule has 2 unspecified atom stereocenters. The van der Waals surface area contributed by atoms with Gasteiger partial charge in [-0.05, 0) is 55.0 Å². The molecular formula is C29H27ClN4O2. The number of aromatic amines is 1. The van der Waals surface area contributed by atoms with E-state index < -0.39 is 6.10 Å². The second-order valence-corrected chi connectivity index (χ2v) is 9.79. The average Bonchev–Trinajstić information content (AvgIpc) is 3.51. The monoisotopic (exact) mass is 498 g/mol. The van der Waals surface area contributed by atoms with Gasteiger partial charge in [0.1, 0.15) is 6.61 Å². The summed E-state index contributed by atoms with van der Waals surface area (Å²) in [5.41, 5.74) is 7.01. The van der Waals surface area contributed by atoms with Gasteiger partial charge in [0.25, 0.3) is 0 Å². The van der Waals surface area contributed by atoms with Crippen LogP contribution in [0.4, 0.5) is 0 Å². The summed E-state index contributed by atoms with van der Waals surface area (Å²) in [4.78, 5) is 12.5. The van der Waals surface area contributed by atoms with Crippen molar-refractivity contribution in [3.63, 3.8) is 0 Å². The van der Waals surface area contributed by atoms with Gasteiger partial charge < -0.3 is 19.4 Å². The van der Waals surface area contributed by atoms with Crippen LogP contribution in [0, 0.1) is 0 Å². The van der Waals surface area contributed by atoms with Crippen molar-refractivity contribution >= 4 is 22.5 Å². The first-order valence-electron chi connectivity index (χ1n) is 12.3. The molecule has 3 heterocycles. The minimum Gasteiger partial charge on any atom is -0.473 e. The molecule has 6 nitrogen and oxygen atoms in total. The molecule has 0 radical (unpaired) electrons. The molecule has 7 heteroatoms. The summed E-state index contributed by atoms with van der Waals surface area (Å²) in [6.45, 7) is 2.20. The van der Waals surface area contributed by atoms with E-state index in [1.54, 1.807) is 13.1 Å². The zero-order valence-corrected chi connectivity index (χ0v) is 20.7. The van der Waals surface area contributed by atoms with Crippen LogP contribution in [0.5, 0.6) is 5.88 Å². The SMILES string of the molecule is CC(O)c1ncn(C2CCCc3ccc(Cl)cc32)c1-c1c[nH]c2cnc(OCc3ccccc3)cc12. The van der Waals surface area contributed by atoms with Crippen molar-refractivity contribution in [2.24, 2.45) is 0 Å². The molecule has 1 aliphatic rings. The first kappa shape index (κ1) is 22.8. The van der Waals surface area contributed by atoms with Crippen LogP contribution in [-0.4, -0.2) is 24.6 Å². The lowest BCUT2D eigenvalue weighted by Gasteiger charge is -2.28. The first-order chi connectivity index (χ1) is 17.6. The van der Waals surface area contributed by atoms with Crippen molar-refractivity contribution in [2.45, 2.75) is 44.9 Å². The highest BCUT2D eigenvalue weighted by molar-refractivity contribution is 6.30. The van der Waals surface area contributed by atoms with E-state index >= 15 is 0 Å². The zero-order valence-electron chi connectivity index (χ0n) is 20.0. The number of pyridine rings is 1. The van der Waals surface area contributed by atoms with Crippen molar-refractivity contribution < 1.29 is 9.84 Å². The van der Waals surface area contributed by atoms with E-state index in [1.165, 1.54) is 11.1 Å². The maximum absolute atomic E-state index is 10.6. The van der Waals surface area contributed by atoms with Crippen molar-refractivity contribution in [3.8, 4) is 17.1 Å². The molecule has 2 aromatic carbocycles. The van der Waals surface area contributed by atoms with Gasteiger partial charge in [-0.2, -0.15) is 0 Å². The Balaban J connectivity index is 1.44. The van der Waals surface area contributed by atoms with Gasteiger partial charge in [0.15, 0.2) is 0 Å². The van der Waals surface area contributed by atoms with Crippen LogP contribution in [0.1, 0.15) is 54.3 Å². The average molecular weight is 499 g/mol. The Kier molecular flexibility index (Phi) is 5.99. The summed E-state index contributed by atoms with van der Waals surface area (Å²) in [6, 6.07) is 18.2. The van der Waals surface area contributed by atoms with E-state index in [1.807, 2.05) is 55.0 Å². The van der Waals surface area contributed by atoms with E-state index in [9.17, 15) is 5.11 Å².